The largest absolute Gasteiger partial charge is 0.350 e. The van der Waals surface area contributed by atoms with E-state index in [-0.39, 0.29) is 23.9 Å². The summed E-state index contributed by atoms with van der Waals surface area (Å²) in [6.07, 6.45) is 3.23. The van der Waals surface area contributed by atoms with Gasteiger partial charge >= 0.3 is 6.03 Å². The van der Waals surface area contributed by atoms with E-state index < -0.39 is 11.6 Å². The van der Waals surface area contributed by atoms with Gasteiger partial charge in [-0.25, -0.2) is 4.79 Å². The minimum Gasteiger partial charge on any atom is -0.350 e. The molecule has 6 heteroatoms. The number of urea groups is 1. The molecule has 0 aromatic carbocycles. The quantitative estimate of drug-likeness (QED) is 0.725. The lowest BCUT2D eigenvalue weighted by molar-refractivity contribution is -0.135. The predicted molar refractivity (Wildman–Crippen MR) is 69.3 cm³/mol. The molecule has 2 fully saturated rings. The average Bonchev–Trinajstić information content (AvgIpc) is 2.79. The molecule has 1 heterocycles. The number of carbonyl (C=O) groups excluding carboxylic acids is 3. The number of rotatable bonds is 2. The van der Waals surface area contributed by atoms with Crippen molar-refractivity contribution in [3.05, 3.63) is 0 Å². The molecule has 2 N–H and O–H groups in total. The lowest BCUT2D eigenvalue weighted by Crippen LogP contribution is -2.48. The van der Waals surface area contributed by atoms with Crippen molar-refractivity contribution < 1.29 is 14.4 Å². The molecule has 0 radical (unpaired) electrons. The van der Waals surface area contributed by atoms with Crippen LogP contribution in [0.5, 0.6) is 0 Å². The van der Waals surface area contributed by atoms with Gasteiger partial charge in [0.05, 0.1) is 0 Å². The fraction of sp³-hybridized carbons (Fsp3) is 0.769. The molecule has 6 nitrogen and oxygen atoms in total. The number of carbonyl (C=O) groups is 3. The zero-order valence-corrected chi connectivity index (χ0v) is 11.7. The summed E-state index contributed by atoms with van der Waals surface area (Å²) >= 11 is 0. The summed E-state index contributed by atoms with van der Waals surface area (Å²) in [6.45, 7) is 5.36. The zero-order chi connectivity index (χ0) is 14.3. The maximum Gasteiger partial charge on any atom is 0.325 e. The Labute approximate surface area is 112 Å². The molecule has 1 saturated heterocycles. The molecule has 1 spiro atoms. The van der Waals surface area contributed by atoms with E-state index in [0.717, 1.165) is 17.7 Å². The first-order valence-corrected chi connectivity index (χ1v) is 6.69. The Morgan fingerprint density at radius 2 is 1.89 bits per heavy atom. The van der Waals surface area contributed by atoms with Gasteiger partial charge in [0.25, 0.3) is 5.91 Å². The summed E-state index contributed by atoms with van der Waals surface area (Å²) in [6, 6.07) is -0.448. The van der Waals surface area contributed by atoms with E-state index in [1.165, 1.54) is 0 Å². The average molecular weight is 267 g/mol. The standard InChI is InChI=1S/C13H21N3O3/c1-12(2,3)14-9(17)8-16-10(18)13(15-11(16)19)6-4-5-7-13/h4-8H2,1-3H3,(H,14,17)(H,15,19). The highest BCUT2D eigenvalue weighted by atomic mass is 16.2. The van der Waals surface area contributed by atoms with E-state index in [9.17, 15) is 14.4 Å². The molecular weight excluding hydrogens is 246 g/mol. The summed E-state index contributed by atoms with van der Waals surface area (Å²) in [7, 11) is 0. The fourth-order valence-corrected chi connectivity index (χ4v) is 2.74. The van der Waals surface area contributed by atoms with Crippen LogP contribution in [0.15, 0.2) is 0 Å². The number of nitrogens with one attached hydrogen (secondary N) is 2. The fourth-order valence-electron chi connectivity index (χ4n) is 2.74. The van der Waals surface area contributed by atoms with Gasteiger partial charge in [0.15, 0.2) is 0 Å². The summed E-state index contributed by atoms with van der Waals surface area (Å²) in [5.74, 6) is -0.565. The molecule has 19 heavy (non-hydrogen) atoms. The number of hydrogen-bond acceptors (Lipinski definition) is 3. The van der Waals surface area contributed by atoms with E-state index in [4.69, 9.17) is 0 Å². The molecule has 0 unspecified atom stereocenters. The number of hydrogen-bond donors (Lipinski definition) is 2. The second-order valence-electron chi connectivity index (χ2n) is 6.41. The van der Waals surface area contributed by atoms with E-state index in [1.54, 1.807) is 0 Å². The molecule has 4 amide bonds. The Balaban J connectivity index is 2.03. The van der Waals surface area contributed by atoms with Gasteiger partial charge in [-0.1, -0.05) is 12.8 Å². The second-order valence-corrected chi connectivity index (χ2v) is 6.41. The highest BCUT2D eigenvalue weighted by Gasteiger charge is 2.52. The Morgan fingerprint density at radius 3 is 2.42 bits per heavy atom. The maximum atomic E-state index is 12.3. The third-order valence-electron chi connectivity index (χ3n) is 3.52. The topological polar surface area (TPSA) is 78.5 Å². The van der Waals surface area contributed by atoms with Gasteiger partial charge in [-0.15, -0.1) is 0 Å². The van der Waals surface area contributed by atoms with Crippen molar-refractivity contribution in [2.45, 2.75) is 57.5 Å². The highest BCUT2D eigenvalue weighted by Crippen LogP contribution is 2.34. The molecule has 0 aromatic rings. The first-order chi connectivity index (χ1) is 8.73. The van der Waals surface area contributed by atoms with Crippen LogP contribution in [0, 0.1) is 0 Å². The van der Waals surface area contributed by atoms with Crippen LogP contribution in [0.25, 0.3) is 0 Å². The lowest BCUT2D eigenvalue weighted by Gasteiger charge is -2.23. The maximum absolute atomic E-state index is 12.3. The Bertz CT molecular complexity index is 419. The first-order valence-electron chi connectivity index (χ1n) is 6.69. The lowest BCUT2D eigenvalue weighted by atomic mass is 9.98. The third kappa shape index (κ3) is 2.72. The Hall–Kier alpha value is -1.59. The molecule has 1 aliphatic heterocycles. The molecule has 0 aromatic heterocycles. The van der Waals surface area contributed by atoms with Crippen molar-refractivity contribution in [3.63, 3.8) is 0 Å². The van der Waals surface area contributed by atoms with Crippen molar-refractivity contribution >= 4 is 17.8 Å². The molecule has 1 aliphatic carbocycles. The minimum absolute atomic E-state index is 0.205. The van der Waals surface area contributed by atoms with E-state index >= 15 is 0 Å². The van der Waals surface area contributed by atoms with E-state index in [1.807, 2.05) is 20.8 Å². The number of amides is 4. The van der Waals surface area contributed by atoms with Crippen LogP contribution < -0.4 is 10.6 Å². The second kappa shape index (κ2) is 4.51. The summed E-state index contributed by atoms with van der Waals surface area (Å²) in [5.41, 5.74) is -1.11. The third-order valence-corrected chi connectivity index (χ3v) is 3.52. The van der Waals surface area contributed by atoms with E-state index in [2.05, 4.69) is 10.6 Å². The predicted octanol–water partition coefficient (Wildman–Crippen LogP) is 0.766. The molecule has 0 bridgehead atoms. The van der Waals surface area contributed by atoms with Crippen LogP contribution in [-0.4, -0.2) is 40.4 Å². The van der Waals surface area contributed by atoms with Crippen molar-refractivity contribution in [1.29, 1.82) is 0 Å². The number of imide groups is 1. The van der Waals surface area contributed by atoms with Crippen LogP contribution in [0.4, 0.5) is 4.79 Å². The van der Waals surface area contributed by atoms with Crippen LogP contribution in [0.2, 0.25) is 0 Å². The van der Waals surface area contributed by atoms with Gasteiger partial charge in [-0.05, 0) is 33.6 Å². The van der Waals surface area contributed by atoms with Crippen molar-refractivity contribution in [3.8, 4) is 0 Å². The minimum atomic E-state index is -0.737. The van der Waals surface area contributed by atoms with Crippen LogP contribution in [0.3, 0.4) is 0 Å². The number of nitrogens with zero attached hydrogens (tertiary/aromatic N) is 1. The normalized spacial score (nSPS) is 21.9. The van der Waals surface area contributed by atoms with E-state index in [0.29, 0.717) is 12.8 Å². The van der Waals surface area contributed by atoms with Gasteiger partial charge in [0, 0.05) is 5.54 Å². The van der Waals surface area contributed by atoms with Gasteiger partial charge in [0.1, 0.15) is 12.1 Å². The Morgan fingerprint density at radius 1 is 1.32 bits per heavy atom. The summed E-state index contributed by atoms with van der Waals surface area (Å²) < 4.78 is 0. The monoisotopic (exact) mass is 267 g/mol. The van der Waals surface area contributed by atoms with Crippen molar-refractivity contribution in [2.75, 3.05) is 6.54 Å². The van der Waals surface area contributed by atoms with Gasteiger partial charge in [0.2, 0.25) is 5.91 Å². The van der Waals surface area contributed by atoms with Crippen molar-refractivity contribution in [2.24, 2.45) is 0 Å². The van der Waals surface area contributed by atoms with Crippen molar-refractivity contribution in [1.82, 2.24) is 15.5 Å². The van der Waals surface area contributed by atoms with Crippen LogP contribution in [0.1, 0.15) is 46.5 Å². The SMILES string of the molecule is CC(C)(C)NC(=O)CN1C(=O)NC2(CCCC2)C1=O. The molecule has 2 rings (SSSR count). The molecule has 106 valence electrons. The molecule has 2 aliphatic rings. The first kappa shape index (κ1) is 13.8. The molecule has 1 saturated carbocycles. The molecule has 0 atom stereocenters. The summed E-state index contributed by atoms with van der Waals surface area (Å²) in [4.78, 5) is 37.0. The Kier molecular flexibility index (Phi) is 3.28. The molecular formula is C13H21N3O3. The van der Waals surface area contributed by atoms with Gasteiger partial charge in [-0.3, -0.25) is 14.5 Å². The summed E-state index contributed by atoms with van der Waals surface area (Å²) in [5, 5.41) is 5.51. The van der Waals surface area contributed by atoms with Gasteiger partial charge < -0.3 is 10.6 Å². The zero-order valence-electron chi connectivity index (χ0n) is 11.7. The van der Waals surface area contributed by atoms with Crippen LogP contribution in [-0.2, 0) is 9.59 Å². The highest BCUT2D eigenvalue weighted by molar-refractivity contribution is 6.09. The van der Waals surface area contributed by atoms with Crippen LogP contribution >= 0.6 is 0 Å². The smallest absolute Gasteiger partial charge is 0.325 e. The van der Waals surface area contributed by atoms with Gasteiger partial charge in [-0.2, -0.15) is 0 Å².